The van der Waals surface area contributed by atoms with Crippen molar-refractivity contribution >= 4 is 23.6 Å². The molecule has 18 heavy (non-hydrogen) atoms. The lowest BCUT2D eigenvalue weighted by Gasteiger charge is -2.08. The highest BCUT2D eigenvalue weighted by Crippen LogP contribution is 2.28. The van der Waals surface area contributed by atoms with Crippen LogP contribution in [0.5, 0.6) is 0 Å². The average molecular weight is 275 g/mol. The molecule has 1 aromatic rings. The van der Waals surface area contributed by atoms with E-state index in [0.717, 1.165) is 0 Å². The number of halogens is 2. The van der Waals surface area contributed by atoms with Gasteiger partial charge in [0, 0.05) is 11.9 Å². The SMILES string of the molecule is CNC(=O)COC(=O)c1ccccc1SC(F)F. The second-order valence-corrected chi connectivity index (χ2v) is 4.16. The number of carbonyl (C=O) groups is 2. The number of ether oxygens (including phenoxy) is 1. The lowest BCUT2D eigenvalue weighted by atomic mass is 10.2. The number of rotatable bonds is 5. The summed E-state index contributed by atoms with van der Waals surface area (Å²) >= 11 is 0.259. The Morgan fingerprint density at radius 2 is 2.06 bits per heavy atom. The molecule has 0 aliphatic rings. The first-order valence-electron chi connectivity index (χ1n) is 4.96. The Balaban J connectivity index is 2.75. The van der Waals surface area contributed by atoms with Crippen molar-refractivity contribution in [2.45, 2.75) is 10.7 Å². The fourth-order valence-corrected chi connectivity index (χ4v) is 1.74. The van der Waals surface area contributed by atoms with Gasteiger partial charge in [-0.15, -0.1) is 0 Å². The molecular weight excluding hydrogens is 264 g/mol. The van der Waals surface area contributed by atoms with Gasteiger partial charge >= 0.3 is 5.97 Å². The molecule has 0 saturated carbocycles. The first-order valence-corrected chi connectivity index (χ1v) is 5.84. The maximum absolute atomic E-state index is 12.3. The van der Waals surface area contributed by atoms with Gasteiger partial charge in [-0.3, -0.25) is 4.79 Å². The molecule has 0 aliphatic heterocycles. The maximum Gasteiger partial charge on any atom is 0.339 e. The third-order valence-electron chi connectivity index (χ3n) is 1.94. The van der Waals surface area contributed by atoms with Gasteiger partial charge in [0.2, 0.25) is 0 Å². The summed E-state index contributed by atoms with van der Waals surface area (Å²) < 4.78 is 29.3. The number of benzene rings is 1. The molecule has 4 nitrogen and oxygen atoms in total. The molecule has 1 aromatic carbocycles. The highest BCUT2D eigenvalue weighted by Gasteiger charge is 2.16. The first-order chi connectivity index (χ1) is 8.54. The van der Waals surface area contributed by atoms with Gasteiger partial charge in [-0.2, -0.15) is 8.78 Å². The van der Waals surface area contributed by atoms with Crippen molar-refractivity contribution in [2.75, 3.05) is 13.7 Å². The van der Waals surface area contributed by atoms with Crippen LogP contribution in [0.25, 0.3) is 0 Å². The highest BCUT2D eigenvalue weighted by molar-refractivity contribution is 7.99. The minimum absolute atomic E-state index is 0.0201. The van der Waals surface area contributed by atoms with Crippen LogP contribution in [-0.2, 0) is 9.53 Å². The number of nitrogens with one attached hydrogen (secondary N) is 1. The van der Waals surface area contributed by atoms with Gasteiger partial charge in [-0.1, -0.05) is 23.9 Å². The minimum Gasteiger partial charge on any atom is -0.452 e. The molecular formula is C11H11F2NO3S. The quantitative estimate of drug-likeness (QED) is 0.658. The Morgan fingerprint density at radius 3 is 2.67 bits per heavy atom. The predicted octanol–water partition coefficient (Wildman–Crippen LogP) is 1.90. The maximum atomic E-state index is 12.3. The average Bonchev–Trinajstić information content (AvgIpc) is 2.35. The normalized spacial score (nSPS) is 10.2. The van der Waals surface area contributed by atoms with Crippen molar-refractivity contribution in [1.82, 2.24) is 5.32 Å². The summed E-state index contributed by atoms with van der Waals surface area (Å²) in [5, 5.41) is 2.28. The zero-order valence-electron chi connectivity index (χ0n) is 9.48. The smallest absolute Gasteiger partial charge is 0.339 e. The number of alkyl halides is 2. The van der Waals surface area contributed by atoms with Gasteiger partial charge in [0.25, 0.3) is 11.7 Å². The molecule has 0 unspecified atom stereocenters. The van der Waals surface area contributed by atoms with Crippen molar-refractivity contribution in [3.05, 3.63) is 29.8 Å². The number of thioether (sulfide) groups is 1. The molecule has 0 fully saturated rings. The van der Waals surface area contributed by atoms with Gasteiger partial charge in [-0.25, -0.2) is 4.79 Å². The predicted molar refractivity (Wildman–Crippen MR) is 62.7 cm³/mol. The Morgan fingerprint density at radius 1 is 1.39 bits per heavy atom. The number of esters is 1. The van der Waals surface area contributed by atoms with Gasteiger partial charge in [0.1, 0.15) is 0 Å². The number of hydrogen-bond donors (Lipinski definition) is 1. The van der Waals surface area contributed by atoms with Gasteiger partial charge in [0.15, 0.2) is 6.61 Å². The van der Waals surface area contributed by atoms with Crippen molar-refractivity contribution in [3.63, 3.8) is 0 Å². The second kappa shape index (κ2) is 6.95. The minimum atomic E-state index is -2.63. The Hall–Kier alpha value is -1.63. The van der Waals surface area contributed by atoms with E-state index < -0.39 is 24.2 Å². The third-order valence-corrected chi connectivity index (χ3v) is 2.72. The topological polar surface area (TPSA) is 55.4 Å². The van der Waals surface area contributed by atoms with Gasteiger partial charge < -0.3 is 10.1 Å². The van der Waals surface area contributed by atoms with E-state index in [9.17, 15) is 18.4 Å². The molecule has 0 spiro atoms. The molecule has 0 aliphatic carbocycles. The van der Waals surface area contributed by atoms with Crippen molar-refractivity contribution in [3.8, 4) is 0 Å². The zero-order chi connectivity index (χ0) is 13.5. The number of likely N-dealkylation sites (N-methyl/N-ethyl adjacent to an activating group) is 1. The summed E-state index contributed by atoms with van der Waals surface area (Å²) in [6, 6.07) is 5.84. The standard InChI is InChI=1S/C11H11F2NO3S/c1-14-9(15)6-17-10(16)7-4-2-3-5-8(7)18-11(12)13/h2-5,11H,6H2,1H3,(H,14,15). The van der Waals surface area contributed by atoms with E-state index in [4.69, 9.17) is 4.74 Å². The molecule has 0 radical (unpaired) electrons. The molecule has 0 bridgehead atoms. The zero-order valence-corrected chi connectivity index (χ0v) is 10.3. The summed E-state index contributed by atoms with van der Waals surface area (Å²) in [5.74, 6) is -3.90. The Kier molecular flexibility index (Phi) is 5.57. The Bertz CT molecular complexity index is 440. The summed E-state index contributed by atoms with van der Waals surface area (Å²) in [5.41, 5.74) is 0.0201. The first kappa shape index (κ1) is 14.4. The van der Waals surface area contributed by atoms with Crippen LogP contribution in [0.4, 0.5) is 8.78 Å². The van der Waals surface area contributed by atoms with Crippen LogP contribution in [0.1, 0.15) is 10.4 Å². The highest BCUT2D eigenvalue weighted by atomic mass is 32.2. The van der Waals surface area contributed by atoms with Crippen molar-refractivity contribution < 1.29 is 23.1 Å². The van der Waals surface area contributed by atoms with E-state index in [1.807, 2.05) is 0 Å². The molecule has 0 saturated heterocycles. The van der Waals surface area contributed by atoms with Crippen LogP contribution in [-0.4, -0.2) is 31.3 Å². The molecule has 98 valence electrons. The number of hydrogen-bond acceptors (Lipinski definition) is 4. The summed E-state index contributed by atoms with van der Waals surface area (Å²) in [4.78, 5) is 22.6. The summed E-state index contributed by atoms with van der Waals surface area (Å²) in [6.07, 6.45) is 0. The lowest BCUT2D eigenvalue weighted by molar-refractivity contribution is -0.123. The fraction of sp³-hybridized carbons (Fsp3) is 0.273. The van der Waals surface area contributed by atoms with E-state index >= 15 is 0 Å². The second-order valence-electron chi connectivity index (χ2n) is 3.12. The molecule has 0 heterocycles. The molecule has 0 aromatic heterocycles. The largest absolute Gasteiger partial charge is 0.452 e. The van der Waals surface area contributed by atoms with E-state index in [0.29, 0.717) is 0 Å². The Labute approximate surface area is 107 Å². The van der Waals surface area contributed by atoms with Gasteiger partial charge in [0.05, 0.1) is 5.56 Å². The van der Waals surface area contributed by atoms with Crippen LogP contribution < -0.4 is 5.32 Å². The number of amides is 1. The monoisotopic (exact) mass is 275 g/mol. The third kappa shape index (κ3) is 4.33. The molecule has 0 atom stereocenters. The van der Waals surface area contributed by atoms with Crippen molar-refractivity contribution in [1.29, 1.82) is 0 Å². The van der Waals surface area contributed by atoms with Crippen LogP contribution in [0.15, 0.2) is 29.2 Å². The van der Waals surface area contributed by atoms with E-state index in [1.54, 1.807) is 6.07 Å². The fourth-order valence-electron chi connectivity index (χ4n) is 1.12. The summed E-state index contributed by atoms with van der Waals surface area (Å²) in [6.45, 7) is -0.441. The van der Waals surface area contributed by atoms with E-state index in [2.05, 4.69) is 5.32 Å². The van der Waals surface area contributed by atoms with E-state index in [-0.39, 0.29) is 22.2 Å². The lowest BCUT2D eigenvalue weighted by Crippen LogP contribution is -2.25. The van der Waals surface area contributed by atoms with E-state index in [1.165, 1.54) is 25.2 Å². The summed E-state index contributed by atoms with van der Waals surface area (Å²) in [7, 11) is 1.40. The van der Waals surface area contributed by atoms with Crippen LogP contribution >= 0.6 is 11.8 Å². The molecule has 7 heteroatoms. The van der Waals surface area contributed by atoms with Crippen LogP contribution in [0.3, 0.4) is 0 Å². The van der Waals surface area contributed by atoms with Crippen LogP contribution in [0, 0.1) is 0 Å². The van der Waals surface area contributed by atoms with Crippen molar-refractivity contribution in [2.24, 2.45) is 0 Å². The number of carbonyl (C=O) groups excluding carboxylic acids is 2. The van der Waals surface area contributed by atoms with Gasteiger partial charge in [-0.05, 0) is 12.1 Å². The van der Waals surface area contributed by atoms with Crippen LogP contribution in [0.2, 0.25) is 0 Å². The molecule has 1 amide bonds. The molecule has 1 N–H and O–H groups in total. The molecule has 1 rings (SSSR count).